The lowest BCUT2D eigenvalue weighted by Crippen LogP contribution is -2.17. The van der Waals surface area contributed by atoms with Crippen LogP contribution in [0.1, 0.15) is 51.0 Å². The second-order valence-electron chi connectivity index (χ2n) is 5.70. The molecule has 1 N–H and O–H groups in total. The lowest BCUT2D eigenvalue weighted by Gasteiger charge is -2.10. The predicted octanol–water partition coefficient (Wildman–Crippen LogP) is 5.25. The summed E-state index contributed by atoms with van der Waals surface area (Å²) in [6.07, 6.45) is 8.69. The zero-order valence-corrected chi connectivity index (χ0v) is 14.3. The van der Waals surface area contributed by atoms with E-state index in [2.05, 4.69) is 5.32 Å². The molecule has 2 rings (SSSR count). The van der Waals surface area contributed by atoms with Gasteiger partial charge in [0.2, 0.25) is 0 Å². The Morgan fingerprint density at radius 2 is 1.86 bits per heavy atom. The highest BCUT2D eigenvalue weighted by molar-refractivity contribution is 6.34. The van der Waals surface area contributed by atoms with Crippen LogP contribution >= 0.6 is 23.2 Å². The summed E-state index contributed by atoms with van der Waals surface area (Å²) in [6.45, 7) is 3.71. The number of ether oxygens (including phenoxy) is 1. The third-order valence-electron chi connectivity index (χ3n) is 3.78. The summed E-state index contributed by atoms with van der Waals surface area (Å²) in [6, 6.07) is 4.61. The number of hydrogen-bond acceptors (Lipinski definition) is 2. The zero-order valence-electron chi connectivity index (χ0n) is 12.8. The molecule has 0 atom stereocenters. The van der Waals surface area contributed by atoms with E-state index in [0.29, 0.717) is 17.4 Å². The summed E-state index contributed by atoms with van der Waals surface area (Å²) in [5.74, 6) is 0.680. The Balaban J connectivity index is 1.66. The summed E-state index contributed by atoms with van der Waals surface area (Å²) >= 11 is 12.5. The fourth-order valence-corrected chi connectivity index (χ4v) is 2.90. The van der Waals surface area contributed by atoms with Crippen molar-refractivity contribution in [1.29, 1.82) is 0 Å². The molecule has 1 aliphatic carbocycles. The lowest BCUT2D eigenvalue weighted by molar-refractivity contribution is 0.340. The van der Waals surface area contributed by atoms with E-state index in [0.717, 1.165) is 29.5 Å². The van der Waals surface area contributed by atoms with E-state index in [1.165, 1.54) is 38.6 Å². The Labute approximate surface area is 138 Å². The summed E-state index contributed by atoms with van der Waals surface area (Å²) < 4.78 is 5.44. The molecule has 0 bridgehead atoms. The van der Waals surface area contributed by atoms with Crippen LogP contribution in [0.5, 0.6) is 5.75 Å². The van der Waals surface area contributed by atoms with Crippen LogP contribution in [0, 0.1) is 0 Å². The minimum Gasteiger partial charge on any atom is -0.492 e. The summed E-state index contributed by atoms with van der Waals surface area (Å²) in [5, 5.41) is 4.97. The van der Waals surface area contributed by atoms with Crippen LogP contribution in [0.15, 0.2) is 12.1 Å². The van der Waals surface area contributed by atoms with Gasteiger partial charge in [-0.1, -0.05) is 36.0 Å². The van der Waals surface area contributed by atoms with Crippen molar-refractivity contribution in [2.24, 2.45) is 0 Å². The first-order chi connectivity index (χ1) is 10.2. The van der Waals surface area contributed by atoms with Gasteiger partial charge in [0.05, 0.1) is 11.6 Å². The van der Waals surface area contributed by atoms with Crippen LogP contribution < -0.4 is 10.1 Å². The van der Waals surface area contributed by atoms with Crippen molar-refractivity contribution in [2.45, 2.75) is 57.9 Å². The molecule has 2 nitrogen and oxygen atoms in total. The smallest absolute Gasteiger partial charge is 0.139 e. The number of halogens is 2. The van der Waals surface area contributed by atoms with E-state index in [-0.39, 0.29) is 0 Å². The van der Waals surface area contributed by atoms with E-state index < -0.39 is 0 Å². The van der Waals surface area contributed by atoms with Crippen LogP contribution in [-0.4, -0.2) is 19.2 Å². The number of unbranched alkanes of at least 4 members (excludes halogenated alkanes) is 3. The number of benzene rings is 1. The molecule has 118 valence electrons. The minimum absolute atomic E-state index is 0.601. The third kappa shape index (κ3) is 6.06. The Bertz CT molecular complexity index is 447. The Morgan fingerprint density at radius 1 is 1.10 bits per heavy atom. The first-order valence-electron chi connectivity index (χ1n) is 8.04. The third-order valence-corrected chi connectivity index (χ3v) is 4.43. The molecule has 21 heavy (non-hydrogen) atoms. The molecule has 0 saturated heterocycles. The van der Waals surface area contributed by atoms with Crippen molar-refractivity contribution in [2.75, 3.05) is 13.2 Å². The van der Waals surface area contributed by atoms with E-state index in [9.17, 15) is 0 Å². The molecular weight excluding hydrogens is 305 g/mol. The maximum absolute atomic E-state index is 6.29. The zero-order chi connectivity index (χ0) is 15.1. The molecule has 1 fully saturated rings. The fraction of sp³-hybridized carbons (Fsp3) is 0.647. The van der Waals surface area contributed by atoms with Gasteiger partial charge in [-0.25, -0.2) is 0 Å². The number of hydrogen-bond donors (Lipinski definition) is 1. The molecule has 0 amide bonds. The highest BCUT2D eigenvalue weighted by Gasteiger charge is 2.19. The van der Waals surface area contributed by atoms with Crippen molar-refractivity contribution in [3.63, 3.8) is 0 Å². The molecule has 0 aliphatic heterocycles. The van der Waals surface area contributed by atoms with Gasteiger partial charge in [-0.2, -0.15) is 0 Å². The summed E-state index contributed by atoms with van der Waals surface area (Å²) in [7, 11) is 0. The van der Waals surface area contributed by atoms with E-state index in [1.807, 2.05) is 19.1 Å². The van der Waals surface area contributed by atoms with Crippen molar-refractivity contribution in [1.82, 2.24) is 5.32 Å². The van der Waals surface area contributed by atoms with Gasteiger partial charge in [-0.15, -0.1) is 0 Å². The average Bonchev–Trinajstić information content (AvgIpc) is 3.27. The van der Waals surface area contributed by atoms with Gasteiger partial charge in [0.25, 0.3) is 0 Å². The van der Waals surface area contributed by atoms with Gasteiger partial charge < -0.3 is 10.1 Å². The number of aryl methyl sites for hydroxylation is 1. The molecule has 1 saturated carbocycles. The molecule has 0 aromatic heterocycles. The lowest BCUT2D eigenvalue weighted by atomic mass is 10.1. The predicted molar refractivity (Wildman–Crippen MR) is 90.8 cm³/mol. The monoisotopic (exact) mass is 329 g/mol. The minimum atomic E-state index is 0.601. The molecule has 0 heterocycles. The maximum atomic E-state index is 6.29. The molecule has 1 aliphatic rings. The molecular formula is C17H25Cl2NO. The highest BCUT2D eigenvalue weighted by Crippen LogP contribution is 2.32. The first kappa shape index (κ1) is 16.9. The molecule has 1 aromatic rings. The molecule has 0 radical (unpaired) electrons. The average molecular weight is 330 g/mol. The Kier molecular flexibility index (Phi) is 7.15. The van der Waals surface area contributed by atoms with E-state index in [4.69, 9.17) is 27.9 Å². The van der Waals surface area contributed by atoms with Gasteiger partial charge in [0.15, 0.2) is 0 Å². The van der Waals surface area contributed by atoms with Crippen LogP contribution in [0.25, 0.3) is 0 Å². The largest absolute Gasteiger partial charge is 0.492 e. The molecule has 0 spiro atoms. The molecule has 1 aromatic carbocycles. The first-order valence-corrected chi connectivity index (χ1v) is 8.80. The maximum Gasteiger partial charge on any atom is 0.139 e. The fourth-order valence-electron chi connectivity index (χ4n) is 2.42. The van der Waals surface area contributed by atoms with E-state index in [1.54, 1.807) is 0 Å². The van der Waals surface area contributed by atoms with Crippen molar-refractivity contribution < 1.29 is 4.74 Å². The van der Waals surface area contributed by atoms with Gasteiger partial charge >= 0.3 is 0 Å². The number of rotatable bonds is 10. The van der Waals surface area contributed by atoms with E-state index >= 15 is 0 Å². The topological polar surface area (TPSA) is 21.3 Å². The normalized spacial score (nSPS) is 14.4. The molecule has 4 heteroatoms. The van der Waals surface area contributed by atoms with Crippen molar-refractivity contribution in [3.8, 4) is 5.75 Å². The molecule has 0 unspecified atom stereocenters. The Hall–Kier alpha value is -0.440. The second kappa shape index (κ2) is 8.87. The van der Waals surface area contributed by atoms with Crippen LogP contribution in [-0.2, 0) is 6.42 Å². The standard InChI is InChI=1S/C17H25Cl2NO/c1-2-21-17-12-15(18)13(11-16(17)19)7-5-3-4-6-10-20-14-8-9-14/h11-12,14,20H,2-10H2,1H3. The van der Waals surface area contributed by atoms with Gasteiger partial charge in [0, 0.05) is 17.1 Å². The van der Waals surface area contributed by atoms with Crippen LogP contribution in [0.3, 0.4) is 0 Å². The van der Waals surface area contributed by atoms with Crippen LogP contribution in [0.2, 0.25) is 10.0 Å². The number of nitrogens with one attached hydrogen (secondary N) is 1. The SMILES string of the molecule is CCOc1cc(Cl)c(CCCCCCNC2CC2)cc1Cl. The summed E-state index contributed by atoms with van der Waals surface area (Å²) in [4.78, 5) is 0. The quantitative estimate of drug-likeness (QED) is 0.592. The van der Waals surface area contributed by atoms with Gasteiger partial charge in [-0.05, 0) is 57.2 Å². The van der Waals surface area contributed by atoms with Crippen molar-refractivity contribution in [3.05, 3.63) is 27.7 Å². The van der Waals surface area contributed by atoms with Gasteiger partial charge in [-0.3, -0.25) is 0 Å². The Morgan fingerprint density at radius 3 is 2.57 bits per heavy atom. The van der Waals surface area contributed by atoms with Crippen LogP contribution in [0.4, 0.5) is 0 Å². The highest BCUT2D eigenvalue weighted by atomic mass is 35.5. The summed E-state index contributed by atoms with van der Waals surface area (Å²) in [5.41, 5.74) is 1.13. The second-order valence-corrected chi connectivity index (χ2v) is 6.51. The van der Waals surface area contributed by atoms with Gasteiger partial charge in [0.1, 0.15) is 5.75 Å². The van der Waals surface area contributed by atoms with Crippen molar-refractivity contribution >= 4 is 23.2 Å².